The maximum absolute atomic E-state index is 4.24. The van der Waals surface area contributed by atoms with E-state index in [1.54, 1.807) is 0 Å². The highest BCUT2D eigenvalue weighted by atomic mass is 14.7. The van der Waals surface area contributed by atoms with E-state index < -0.39 is 0 Å². The van der Waals surface area contributed by atoms with Gasteiger partial charge in [-0.15, -0.1) is 0 Å². The zero-order valence-corrected chi connectivity index (χ0v) is 7.26. The van der Waals surface area contributed by atoms with Gasteiger partial charge in [0.25, 0.3) is 0 Å². The molecule has 0 aliphatic heterocycles. The van der Waals surface area contributed by atoms with Crippen LogP contribution < -0.4 is 0 Å². The fourth-order valence-electron chi connectivity index (χ4n) is 0.900. The van der Waals surface area contributed by atoms with Gasteiger partial charge in [0.05, 0.1) is 5.69 Å². The molecule has 11 heavy (non-hydrogen) atoms. The Morgan fingerprint density at radius 3 is 2.82 bits per heavy atom. The highest BCUT2D eigenvalue weighted by Gasteiger charge is 1.94. The van der Waals surface area contributed by atoms with Crippen LogP contribution in [0.3, 0.4) is 0 Å². The van der Waals surface area contributed by atoms with Crippen molar-refractivity contribution in [2.75, 3.05) is 0 Å². The van der Waals surface area contributed by atoms with Crippen molar-refractivity contribution in [3.8, 4) is 0 Å². The van der Waals surface area contributed by atoms with Crippen molar-refractivity contribution in [3.63, 3.8) is 0 Å². The first-order chi connectivity index (χ1) is 5.24. The molecule has 0 aromatic carbocycles. The van der Waals surface area contributed by atoms with Gasteiger partial charge in [-0.25, -0.2) is 0 Å². The van der Waals surface area contributed by atoms with Gasteiger partial charge in [0, 0.05) is 6.20 Å². The number of allylic oxidation sites excluding steroid dienone is 2. The molecular weight excluding hydrogens is 134 g/mol. The van der Waals surface area contributed by atoms with Crippen LogP contribution in [-0.4, -0.2) is 4.98 Å². The lowest BCUT2D eigenvalue weighted by Crippen LogP contribution is -1.85. The molecular formula is C10H13N. The Morgan fingerprint density at radius 1 is 1.55 bits per heavy atom. The average Bonchev–Trinajstić information content (AvgIpc) is 2.03. The second-order valence-corrected chi connectivity index (χ2v) is 2.69. The number of nitrogens with zero attached hydrogens (tertiary/aromatic N) is 1. The minimum Gasteiger partial charge on any atom is -0.257 e. The number of aryl methyl sites for hydroxylation is 1. The topological polar surface area (TPSA) is 12.9 Å². The van der Waals surface area contributed by atoms with Crippen LogP contribution >= 0.6 is 0 Å². The summed E-state index contributed by atoms with van der Waals surface area (Å²) >= 11 is 0. The molecule has 0 aliphatic carbocycles. The molecule has 0 spiro atoms. The summed E-state index contributed by atoms with van der Waals surface area (Å²) < 4.78 is 0. The normalized spacial score (nSPS) is 11.7. The van der Waals surface area contributed by atoms with Crippen molar-refractivity contribution in [2.24, 2.45) is 0 Å². The standard InChI is InChI=1S/C10H13N/c1-4-9(3)10-7-8(2)5-6-11-10/h4-7H,1-3H3/b9-4+. The third-order valence-corrected chi connectivity index (χ3v) is 1.75. The molecule has 1 nitrogen and oxygen atoms in total. The molecule has 1 heteroatoms. The van der Waals surface area contributed by atoms with E-state index in [2.05, 4.69) is 31.0 Å². The lowest BCUT2D eigenvalue weighted by atomic mass is 10.1. The Bertz CT molecular complexity index is 274. The van der Waals surface area contributed by atoms with Crippen LogP contribution in [0.1, 0.15) is 25.1 Å². The first kappa shape index (κ1) is 7.99. The van der Waals surface area contributed by atoms with Crippen LogP contribution in [0.15, 0.2) is 24.4 Å². The monoisotopic (exact) mass is 147 g/mol. The third-order valence-electron chi connectivity index (χ3n) is 1.75. The molecule has 1 aromatic rings. The summed E-state index contributed by atoms with van der Waals surface area (Å²) in [7, 11) is 0. The molecule has 0 atom stereocenters. The SMILES string of the molecule is C/C=C(\C)c1cc(C)ccn1. The molecule has 0 saturated heterocycles. The molecule has 1 aromatic heterocycles. The Labute approximate surface area is 67.8 Å². The smallest absolute Gasteiger partial charge is 0.0658 e. The van der Waals surface area contributed by atoms with E-state index in [1.807, 2.05) is 19.2 Å². The van der Waals surface area contributed by atoms with Gasteiger partial charge in [0.2, 0.25) is 0 Å². The second kappa shape index (κ2) is 3.33. The summed E-state index contributed by atoms with van der Waals surface area (Å²) in [6, 6.07) is 4.10. The van der Waals surface area contributed by atoms with Crippen molar-refractivity contribution in [2.45, 2.75) is 20.8 Å². The van der Waals surface area contributed by atoms with Gasteiger partial charge in [-0.3, -0.25) is 4.98 Å². The zero-order chi connectivity index (χ0) is 8.27. The van der Waals surface area contributed by atoms with Crippen molar-refractivity contribution >= 4 is 5.57 Å². The maximum atomic E-state index is 4.24. The molecule has 1 heterocycles. The minimum absolute atomic E-state index is 1.08. The summed E-state index contributed by atoms with van der Waals surface area (Å²) in [6.45, 7) is 6.18. The fraction of sp³-hybridized carbons (Fsp3) is 0.300. The number of hydrogen-bond donors (Lipinski definition) is 0. The van der Waals surface area contributed by atoms with E-state index in [4.69, 9.17) is 0 Å². The van der Waals surface area contributed by atoms with Gasteiger partial charge in [-0.2, -0.15) is 0 Å². The number of pyridine rings is 1. The second-order valence-electron chi connectivity index (χ2n) is 2.69. The Morgan fingerprint density at radius 2 is 2.27 bits per heavy atom. The number of aromatic nitrogens is 1. The third kappa shape index (κ3) is 1.90. The molecule has 0 bridgehead atoms. The summed E-state index contributed by atoms with van der Waals surface area (Å²) in [4.78, 5) is 4.24. The van der Waals surface area contributed by atoms with E-state index >= 15 is 0 Å². The molecule has 0 radical (unpaired) electrons. The summed E-state index contributed by atoms with van der Waals surface area (Å²) in [6.07, 6.45) is 3.92. The fourth-order valence-corrected chi connectivity index (χ4v) is 0.900. The van der Waals surface area contributed by atoms with Crippen molar-refractivity contribution in [3.05, 3.63) is 35.7 Å². The average molecular weight is 147 g/mol. The van der Waals surface area contributed by atoms with Crippen LogP contribution in [0.25, 0.3) is 5.57 Å². The lowest BCUT2D eigenvalue weighted by Gasteiger charge is -1.99. The maximum Gasteiger partial charge on any atom is 0.0658 e. The molecule has 58 valence electrons. The number of hydrogen-bond acceptors (Lipinski definition) is 1. The molecule has 1 rings (SSSR count). The summed E-state index contributed by atoms with van der Waals surface area (Å²) in [5.74, 6) is 0. The predicted octanol–water partition coefficient (Wildman–Crippen LogP) is 2.81. The van der Waals surface area contributed by atoms with Crippen LogP contribution in [0.5, 0.6) is 0 Å². The highest BCUT2D eigenvalue weighted by molar-refractivity contribution is 5.60. The molecule has 0 saturated carbocycles. The zero-order valence-electron chi connectivity index (χ0n) is 7.26. The van der Waals surface area contributed by atoms with Gasteiger partial charge in [0.1, 0.15) is 0 Å². The van der Waals surface area contributed by atoms with Gasteiger partial charge in [-0.1, -0.05) is 6.08 Å². The van der Waals surface area contributed by atoms with E-state index in [1.165, 1.54) is 11.1 Å². The van der Waals surface area contributed by atoms with Gasteiger partial charge in [-0.05, 0) is 44.0 Å². The number of rotatable bonds is 1. The summed E-state index contributed by atoms with van der Waals surface area (Å²) in [5.41, 5.74) is 3.57. The largest absolute Gasteiger partial charge is 0.257 e. The van der Waals surface area contributed by atoms with E-state index in [9.17, 15) is 0 Å². The molecule has 0 fully saturated rings. The van der Waals surface area contributed by atoms with E-state index in [-0.39, 0.29) is 0 Å². The molecule has 0 amide bonds. The van der Waals surface area contributed by atoms with Gasteiger partial charge >= 0.3 is 0 Å². The molecule has 0 N–H and O–H groups in total. The first-order valence-electron chi connectivity index (χ1n) is 3.80. The minimum atomic E-state index is 1.08. The first-order valence-corrected chi connectivity index (χ1v) is 3.80. The molecule has 0 aliphatic rings. The quantitative estimate of drug-likeness (QED) is 0.595. The van der Waals surface area contributed by atoms with Gasteiger partial charge < -0.3 is 0 Å². The van der Waals surface area contributed by atoms with Crippen molar-refractivity contribution in [1.29, 1.82) is 0 Å². The lowest BCUT2D eigenvalue weighted by molar-refractivity contribution is 1.23. The van der Waals surface area contributed by atoms with Gasteiger partial charge in [0.15, 0.2) is 0 Å². The Balaban J connectivity index is 3.06. The highest BCUT2D eigenvalue weighted by Crippen LogP contribution is 2.10. The van der Waals surface area contributed by atoms with Crippen LogP contribution in [0, 0.1) is 6.92 Å². The Hall–Kier alpha value is -1.11. The van der Waals surface area contributed by atoms with Crippen molar-refractivity contribution < 1.29 is 0 Å². The van der Waals surface area contributed by atoms with E-state index in [0.29, 0.717) is 0 Å². The van der Waals surface area contributed by atoms with Crippen LogP contribution in [0.2, 0.25) is 0 Å². The van der Waals surface area contributed by atoms with Crippen molar-refractivity contribution in [1.82, 2.24) is 4.98 Å². The Kier molecular flexibility index (Phi) is 2.42. The van der Waals surface area contributed by atoms with Crippen LogP contribution in [0.4, 0.5) is 0 Å². The molecule has 0 unspecified atom stereocenters. The van der Waals surface area contributed by atoms with E-state index in [0.717, 1.165) is 5.69 Å². The summed E-state index contributed by atoms with van der Waals surface area (Å²) in [5, 5.41) is 0. The predicted molar refractivity (Wildman–Crippen MR) is 48.3 cm³/mol. The van der Waals surface area contributed by atoms with Crippen LogP contribution in [-0.2, 0) is 0 Å².